The molecular formula is C14H10Cl2O2. The molecule has 0 spiro atoms. The summed E-state index contributed by atoms with van der Waals surface area (Å²) < 4.78 is 5.23. The van der Waals surface area contributed by atoms with Gasteiger partial charge in [-0.25, -0.2) is 0 Å². The lowest BCUT2D eigenvalue weighted by molar-refractivity contribution is 0.102. The Hall–Kier alpha value is -1.51. The summed E-state index contributed by atoms with van der Waals surface area (Å²) in [5.41, 5.74) is 0.734. The molecule has 0 radical (unpaired) electrons. The molecule has 0 N–H and O–H groups in total. The van der Waals surface area contributed by atoms with Crippen molar-refractivity contribution in [3.05, 3.63) is 63.5 Å². The molecule has 18 heavy (non-hydrogen) atoms. The van der Waals surface area contributed by atoms with Crippen LogP contribution < -0.4 is 0 Å². The highest BCUT2D eigenvalue weighted by molar-refractivity contribution is 6.35. The van der Waals surface area contributed by atoms with Gasteiger partial charge in [-0.2, -0.15) is 0 Å². The molecule has 0 aliphatic rings. The molecule has 0 fully saturated rings. The number of rotatable bonds is 3. The van der Waals surface area contributed by atoms with Crippen LogP contribution in [0.3, 0.4) is 0 Å². The minimum absolute atomic E-state index is 0.200. The fourth-order valence-electron chi connectivity index (χ4n) is 1.45. The molecule has 92 valence electrons. The Morgan fingerprint density at radius 2 is 2.00 bits per heavy atom. The van der Waals surface area contributed by atoms with Crippen LogP contribution in [0.15, 0.2) is 40.8 Å². The number of hydrogen-bond donors (Lipinski definition) is 0. The first-order valence-corrected chi connectivity index (χ1v) is 6.06. The van der Waals surface area contributed by atoms with Crippen LogP contribution in [0.5, 0.6) is 0 Å². The van der Waals surface area contributed by atoms with E-state index in [1.807, 2.05) is 0 Å². The van der Waals surface area contributed by atoms with Gasteiger partial charge in [-0.3, -0.25) is 4.79 Å². The molecule has 0 saturated heterocycles. The van der Waals surface area contributed by atoms with E-state index < -0.39 is 0 Å². The summed E-state index contributed by atoms with van der Waals surface area (Å²) in [6.45, 7) is 1.79. The standard InChI is InChI=1S/C14H10Cl2O2/c1-9-2-7-14(18-9)13(17)6-4-10-3-5-11(15)8-12(10)16/h2-8H,1H3. The zero-order chi connectivity index (χ0) is 13.1. The van der Waals surface area contributed by atoms with E-state index in [-0.39, 0.29) is 5.78 Å². The summed E-state index contributed by atoms with van der Waals surface area (Å²) in [6, 6.07) is 8.49. The van der Waals surface area contributed by atoms with Gasteiger partial charge in [0.15, 0.2) is 5.76 Å². The highest BCUT2D eigenvalue weighted by Gasteiger charge is 2.06. The van der Waals surface area contributed by atoms with Crippen molar-refractivity contribution < 1.29 is 9.21 Å². The van der Waals surface area contributed by atoms with Crippen molar-refractivity contribution in [3.8, 4) is 0 Å². The van der Waals surface area contributed by atoms with Gasteiger partial charge >= 0.3 is 0 Å². The quantitative estimate of drug-likeness (QED) is 0.598. The maximum absolute atomic E-state index is 11.8. The van der Waals surface area contributed by atoms with Gasteiger partial charge in [0.25, 0.3) is 0 Å². The van der Waals surface area contributed by atoms with Gasteiger partial charge in [-0.05, 0) is 48.9 Å². The Labute approximate surface area is 115 Å². The average molecular weight is 281 g/mol. The summed E-state index contributed by atoms with van der Waals surface area (Å²) in [4.78, 5) is 11.8. The SMILES string of the molecule is Cc1ccc(C(=O)C=Cc2ccc(Cl)cc2Cl)o1. The van der Waals surface area contributed by atoms with Gasteiger partial charge in [0.1, 0.15) is 5.76 Å². The molecule has 2 rings (SSSR count). The van der Waals surface area contributed by atoms with Crippen molar-refractivity contribution in [1.82, 2.24) is 0 Å². The van der Waals surface area contributed by atoms with E-state index >= 15 is 0 Å². The summed E-state index contributed by atoms with van der Waals surface area (Å²) >= 11 is 11.8. The molecule has 2 aromatic rings. The molecule has 2 nitrogen and oxygen atoms in total. The van der Waals surface area contributed by atoms with Gasteiger partial charge < -0.3 is 4.42 Å². The van der Waals surface area contributed by atoms with E-state index in [0.717, 1.165) is 5.56 Å². The van der Waals surface area contributed by atoms with E-state index in [2.05, 4.69) is 0 Å². The average Bonchev–Trinajstić information content (AvgIpc) is 2.74. The molecule has 4 heteroatoms. The van der Waals surface area contributed by atoms with Crippen molar-refractivity contribution in [2.24, 2.45) is 0 Å². The number of halogens is 2. The Balaban J connectivity index is 2.18. The maximum Gasteiger partial charge on any atom is 0.221 e. The third-order valence-electron chi connectivity index (χ3n) is 2.36. The third kappa shape index (κ3) is 3.03. The van der Waals surface area contributed by atoms with Crippen molar-refractivity contribution in [3.63, 3.8) is 0 Å². The van der Waals surface area contributed by atoms with Crippen LogP contribution in [0.1, 0.15) is 21.9 Å². The van der Waals surface area contributed by atoms with Gasteiger partial charge in [0, 0.05) is 10.0 Å². The molecule has 0 unspecified atom stereocenters. The van der Waals surface area contributed by atoms with Crippen LogP contribution in [0.25, 0.3) is 6.08 Å². The first-order valence-electron chi connectivity index (χ1n) is 5.30. The molecular weight excluding hydrogens is 271 g/mol. The van der Waals surface area contributed by atoms with E-state index in [1.165, 1.54) is 6.08 Å². The van der Waals surface area contributed by atoms with Crippen molar-refractivity contribution in [1.29, 1.82) is 0 Å². The normalized spacial score (nSPS) is 11.1. The van der Waals surface area contributed by atoms with Gasteiger partial charge in [0.2, 0.25) is 5.78 Å². The van der Waals surface area contributed by atoms with E-state index in [0.29, 0.717) is 21.6 Å². The zero-order valence-electron chi connectivity index (χ0n) is 9.61. The highest BCUT2D eigenvalue weighted by atomic mass is 35.5. The second-order valence-corrected chi connectivity index (χ2v) is 4.62. The number of benzene rings is 1. The first kappa shape index (κ1) is 12.9. The molecule has 1 aromatic heterocycles. The fourth-order valence-corrected chi connectivity index (χ4v) is 1.92. The van der Waals surface area contributed by atoms with Crippen molar-refractivity contribution in [2.75, 3.05) is 0 Å². The summed E-state index contributed by atoms with van der Waals surface area (Å²) in [5.74, 6) is 0.819. The fraction of sp³-hybridized carbons (Fsp3) is 0.0714. The zero-order valence-corrected chi connectivity index (χ0v) is 11.1. The van der Waals surface area contributed by atoms with E-state index in [4.69, 9.17) is 27.6 Å². The van der Waals surface area contributed by atoms with Crippen LogP contribution in [-0.2, 0) is 0 Å². The number of aryl methyl sites for hydroxylation is 1. The number of allylic oxidation sites excluding steroid dienone is 1. The minimum Gasteiger partial charge on any atom is -0.458 e. The third-order valence-corrected chi connectivity index (χ3v) is 2.92. The monoisotopic (exact) mass is 280 g/mol. The van der Waals surface area contributed by atoms with Crippen molar-refractivity contribution >= 4 is 35.1 Å². The second-order valence-electron chi connectivity index (χ2n) is 3.77. The summed E-state index contributed by atoms with van der Waals surface area (Å²) in [6.07, 6.45) is 3.06. The highest BCUT2D eigenvalue weighted by Crippen LogP contribution is 2.22. The number of ketones is 1. The molecule has 0 aliphatic heterocycles. The van der Waals surface area contributed by atoms with E-state index in [1.54, 1.807) is 43.3 Å². The Kier molecular flexibility index (Phi) is 3.90. The molecule has 0 bridgehead atoms. The molecule has 0 amide bonds. The lowest BCUT2D eigenvalue weighted by Gasteiger charge is -1.98. The van der Waals surface area contributed by atoms with Gasteiger partial charge in [-0.1, -0.05) is 29.3 Å². The Bertz CT molecular complexity index is 612. The van der Waals surface area contributed by atoms with Gasteiger partial charge in [0.05, 0.1) is 0 Å². The summed E-state index contributed by atoms with van der Waals surface area (Å²) in [7, 11) is 0. The van der Waals surface area contributed by atoms with Crippen LogP contribution in [0.2, 0.25) is 10.0 Å². The van der Waals surface area contributed by atoms with Crippen LogP contribution >= 0.6 is 23.2 Å². The lowest BCUT2D eigenvalue weighted by Crippen LogP contribution is -1.90. The summed E-state index contributed by atoms with van der Waals surface area (Å²) in [5, 5.41) is 1.06. The number of carbonyl (C=O) groups is 1. The molecule has 0 saturated carbocycles. The largest absolute Gasteiger partial charge is 0.458 e. The maximum atomic E-state index is 11.8. The number of hydrogen-bond acceptors (Lipinski definition) is 2. The topological polar surface area (TPSA) is 30.2 Å². The van der Waals surface area contributed by atoms with E-state index in [9.17, 15) is 4.79 Å². The van der Waals surface area contributed by atoms with Crippen molar-refractivity contribution in [2.45, 2.75) is 6.92 Å². The van der Waals surface area contributed by atoms with Crippen LogP contribution in [-0.4, -0.2) is 5.78 Å². The van der Waals surface area contributed by atoms with Gasteiger partial charge in [-0.15, -0.1) is 0 Å². The number of furan rings is 1. The minimum atomic E-state index is -0.200. The molecule has 1 aromatic carbocycles. The molecule has 0 atom stereocenters. The molecule has 0 aliphatic carbocycles. The lowest BCUT2D eigenvalue weighted by atomic mass is 10.2. The number of carbonyl (C=O) groups excluding carboxylic acids is 1. The van der Waals surface area contributed by atoms with Crippen LogP contribution in [0, 0.1) is 6.92 Å². The van der Waals surface area contributed by atoms with Crippen LogP contribution in [0.4, 0.5) is 0 Å². The molecule has 1 heterocycles. The second kappa shape index (κ2) is 5.42. The predicted molar refractivity (Wildman–Crippen MR) is 73.3 cm³/mol. The predicted octanol–water partition coefficient (Wildman–Crippen LogP) is 4.79. The Morgan fingerprint density at radius 3 is 2.61 bits per heavy atom. The Morgan fingerprint density at radius 1 is 1.22 bits per heavy atom. The first-order chi connectivity index (χ1) is 8.56. The smallest absolute Gasteiger partial charge is 0.221 e.